The Morgan fingerprint density at radius 1 is 1.09 bits per heavy atom. The maximum absolute atomic E-state index is 12.8. The van der Waals surface area contributed by atoms with Crippen molar-refractivity contribution in [1.29, 1.82) is 0 Å². The molecule has 170 valence electrons. The molecule has 0 atom stereocenters. The summed E-state index contributed by atoms with van der Waals surface area (Å²) in [5, 5.41) is 3.75. The summed E-state index contributed by atoms with van der Waals surface area (Å²) in [6.45, 7) is 1.24. The molecular weight excluding hydrogens is 426 g/mol. The van der Waals surface area contributed by atoms with Crippen LogP contribution in [0, 0.1) is 0 Å². The molecule has 0 spiro atoms. The molecule has 4 rings (SSSR count). The van der Waals surface area contributed by atoms with Gasteiger partial charge in [0.2, 0.25) is 0 Å². The number of hydrogen-bond donors (Lipinski definition) is 1. The highest BCUT2D eigenvalue weighted by Gasteiger charge is 2.25. The third-order valence-corrected chi connectivity index (χ3v) is 6.71. The molecule has 1 aromatic heterocycles. The number of likely N-dealkylation sites (tertiary alicyclic amines) is 1. The molecule has 2 aromatic rings. The van der Waals surface area contributed by atoms with Crippen molar-refractivity contribution in [3.63, 3.8) is 0 Å². The third kappa shape index (κ3) is 5.80. The first kappa shape index (κ1) is 22.6. The van der Waals surface area contributed by atoms with Crippen molar-refractivity contribution in [3.05, 3.63) is 58.9 Å². The molecule has 1 aliphatic heterocycles. The zero-order valence-electron chi connectivity index (χ0n) is 18.3. The van der Waals surface area contributed by atoms with Gasteiger partial charge in [0.1, 0.15) is 5.75 Å². The van der Waals surface area contributed by atoms with E-state index in [0.717, 1.165) is 37.0 Å². The number of hydrogen-bond acceptors (Lipinski definition) is 4. The van der Waals surface area contributed by atoms with Gasteiger partial charge in [-0.05, 0) is 67.5 Å². The van der Waals surface area contributed by atoms with E-state index in [0.29, 0.717) is 29.6 Å². The van der Waals surface area contributed by atoms with Crippen LogP contribution in [0.15, 0.2) is 42.7 Å². The number of benzene rings is 1. The van der Waals surface area contributed by atoms with Crippen LogP contribution < -0.4 is 10.1 Å². The second-order valence-corrected chi connectivity index (χ2v) is 9.11. The molecule has 1 saturated carbocycles. The molecule has 7 heteroatoms. The molecule has 0 bridgehead atoms. The van der Waals surface area contributed by atoms with Gasteiger partial charge in [-0.3, -0.25) is 14.6 Å². The summed E-state index contributed by atoms with van der Waals surface area (Å²) >= 11 is 6.25. The van der Waals surface area contributed by atoms with Gasteiger partial charge in [0.15, 0.2) is 6.61 Å². The standard InChI is InChI=1S/C25H30ClN3O3/c26-20-8-9-23(22(15-20)18-5-2-1-3-6-18)32-17-24(30)29-13-10-21(11-14-29)28-25(31)19-7-4-12-27-16-19/h4,7-9,12,15-16,18,21H,1-3,5-6,10-11,13-14,17H2,(H,28,31). The fourth-order valence-corrected chi connectivity index (χ4v) is 4.83. The Kier molecular flexibility index (Phi) is 7.63. The Labute approximate surface area is 194 Å². The summed E-state index contributed by atoms with van der Waals surface area (Å²) in [6, 6.07) is 9.26. The van der Waals surface area contributed by atoms with Crippen LogP contribution in [0.25, 0.3) is 0 Å². The summed E-state index contributed by atoms with van der Waals surface area (Å²) in [5.41, 5.74) is 1.68. The molecule has 1 aromatic carbocycles. The van der Waals surface area contributed by atoms with Crippen molar-refractivity contribution in [2.24, 2.45) is 0 Å². The van der Waals surface area contributed by atoms with Crippen LogP contribution in [0.3, 0.4) is 0 Å². The van der Waals surface area contributed by atoms with Crippen molar-refractivity contribution in [1.82, 2.24) is 15.2 Å². The number of nitrogens with zero attached hydrogens (tertiary/aromatic N) is 2. The first-order chi connectivity index (χ1) is 15.6. The Morgan fingerprint density at radius 3 is 2.59 bits per heavy atom. The number of nitrogens with one attached hydrogen (secondary N) is 1. The summed E-state index contributed by atoms with van der Waals surface area (Å²) in [7, 11) is 0. The van der Waals surface area contributed by atoms with Gasteiger partial charge in [-0.1, -0.05) is 30.9 Å². The van der Waals surface area contributed by atoms with E-state index in [2.05, 4.69) is 10.3 Å². The molecule has 6 nitrogen and oxygen atoms in total. The minimum atomic E-state index is -0.121. The lowest BCUT2D eigenvalue weighted by Crippen LogP contribution is -2.47. The lowest BCUT2D eigenvalue weighted by Gasteiger charge is -2.32. The van der Waals surface area contributed by atoms with Crippen LogP contribution in [0.2, 0.25) is 5.02 Å². The molecule has 2 aliphatic rings. The number of rotatable bonds is 6. The van der Waals surface area contributed by atoms with Gasteiger partial charge < -0.3 is 15.0 Å². The van der Waals surface area contributed by atoms with Crippen LogP contribution in [-0.4, -0.2) is 47.4 Å². The third-order valence-electron chi connectivity index (χ3n) is 6.47. The monoisotopic (exact) mass is 455 g/mol. The molecule has 2 heterocycles. The number of aromatic nitrogens is 1. The second-order valence-electron chi connectivity index (χ2n) is 8.68. The molecule has 2 amide bonds. The Morgan fingerprint density at radius 2 is 1.88 bits per heavy atom. The van der Waals surface area contributed by atoms with E-state index >= 15 is 0 Å². The summed E-state index contributed by atoms with van der Waals surface area (Å²) in [6.07, 6.45) is 10.7. The van der Waals surface area contributed by atoms with Gasteiger partial charge >= 0.3 is 0 Å². The normalized spacial score (nSPS) is 17.7. The van der Waals surface area contributed by atoms with E-state index in [-0.39, 0.29) is 24.5 Å². The SMILES string of the molecule is O=C(NC1CCN(C(=O)COc2ccc(Cl)cc2C2CCCCC2)CC1)c1cccnc1. The molecule has 2 fully saturated rings. The van der Waals surface area contributed by atoms with Crippen molar-refractivity contribution < 1.29 is 14.3 Å². The lowest BCUT2D eigenvalue weighted by atomic mass is 9.84. The number of amides is 2. The lowest BCUT2D eigenvalue weighted by molar-refractivity contribution is -0.134. The first-order valence-corrected chi connectivity index (χ1v) is 11.9. The Hall–Kier alpha value is -2.60. The molecule has 1 aliphatic carbocycles. The van der Waals surface area contributed by atoms with Crippen LogP contribution >= 0.6 is 11.6 Å². The summed E-state index contributed by atoms with van der Waals surface area (Å²) in [4.78, 5) is 30.9. The van der Waals surface area contributed by atoms with E-state index in [1.165, 1.54) is 19.3 Å². The molecule has 0 unspecified atom stereocenters. The molecule has 1 N–H and O–H groups in total. The van der Waals surface area contributed by atoms with Crippen molar-refractivity contribution in [2.75, 3.05) is 19.7 Å². The fraction of sp³-hybridized carbons (Fsp3) is 0.480. The predicted molar refractivity (Wildman–Crippen MR) is 124 cm³/mol. The summed E-state index contributed by atoms with van der Waals surface area (Å²) in [5.74, 6) is 1.08. The maximum Gasteiger partial charge on any atom is 0.260 e. The Balaban J connectivity index is 1.27. The first-order valence-electron chi connectivity index (χ1n) is 11.5. The number of halogens is 1. The van der Waals surface area contributed by atoms with Crippen LogP contribution in [-0.2, 0) is 4.79 Å². The highest BCUT2D eigenvalue weighted by molar-refractivity contribution is 6.30. The fourth-order valence-electron chi connectivity index (χ4n) is 4.65. The topological polar surface area (TPSA) is 71.5 Å². The number of piperidine rings is 1. The number of carbonyl (C=O) groups excluding carboxylic acids is 2. The molecule has 0 radical (unpaired) electrons. The smallest absolute Gasteiger partial charge is 0.260 e. The van der Waals surface area contributed by atoms with Gasteiger partial charge in [0.05, 0.1) is 5.56 Å². The van der Waals surface area contributed by atoms with Gasteiger partial charge in [0.25, 0.3) is 11.8 Å². The van der Waals surface area contributed by atoms with Crippen LogP contribution in [0.1, 0.15) is 66.8 Å². The molecule has 1 saturated heterocycles. The summed E-state index contributed by atoms with van der Waals surface area (Å²) < 4.78 is 5.98. The van der Waals surface area contributed by atoms with Crippen LogP contribution in [0.5, 0.6) is 5.75 Å². The second kappa shape index (κ2) is 10.8. The quantitative estimate of drug-likeness (QED) is 0.691. The van der Waals surface area contributed by atoms with E-state index < -0.39 is 0 Å². The highest BCUT2D eigenvalue weighted by atomic mass is 35.5. The van der Waals surface area contributed by atoms with Crippen molar-refractivity contribution >= 4 is 23.4 Å². The number of carbonyl (C=O) groups is 2. The largest absolute Gasteiger partial charge is 0.483 e. The van der Waals surface area contributed by atoms with E-state index in [1.54, 1.807) is 24.5 Å². The maximum atomic E-state index is 12.8. The molecule has 32 heavy (non-hydrogen) atoms. The van der Waals surface area contributed by atoms with E-state index in [4.69, 9.17) is 16.3 Å². The number of ether oxygens (including phenoxy) is 1. The number of pyridine rings is 1. The average molecular weight is 456 g/mol. The minimum Gasteiger partial charge on any atom is -0.483 e. The zero-order chi connectivity index (χ0) is 22.3. The molecular formula is C25H30ClN3O3. The van der Waals surface area contributed by atoms with Gasteiger partial charge in [-0.25, -0.2) is 0 Å². The zero-order valence-corrected chi connectivity index (χ0v) is 19.0. The van der Waals surface area contributed by atoms with Gasteiger partial charge in [-0.2, -0.15) is 0 Å². The van der Waals surface area contributed by atoms with Gasteiger partial charge in [0, 0.05) is 36.5 Å². The highest BCUT2D eigenvalue weighted by Crippen LogP contribution is 2.38. The van der Waals surface area contributed by atoms with E-state index in [9.17, 15) is 9.59 Å². The minimum absolute atomic E-state index is 0.0217. The Bertz CT molecular complexity index is 923. The van der Waals surface area contributed by atoms with Crippen LogP contribution in [0.4, 0.5) is 0 Å². The average Bonchev–Trinajstić information content (AvgIpc) is 2.84. The van der Waals surface area contributed by atoms with Crippen molar-refractivity contribution in [2.45, 2.75) is 56.9 Å². The van der Waals surface area contributed by atoms with E-state index in [1.807, 2.05) is 23.1 Å². The van der Waals surface area contributed by atoms with Gasteiger partial charge in [-0.15, -0.1) is 0 Å². The predicted octanol–water partition coefficient (Wildman–Crippen LogP) is 4.58. The van der Waals surface area contributed by atoms with Crippen molar-refractivity contribution in [3.8, 4) is 5.75 Å².